The van der Waals surface area contributed by atoms with Crippen LogP contribution in [0.25, 0.3) is 0 Å². The van der Waals surface area contributed by atoms with Crippen LogP contribution in [0.15, 0.2) is 12.3 Å². The molecule has 0 aliphatic rings. The lowest BCUT2D eigenvalue weighted by Gasteiger charge is -2.19. The molecular weight excluding hydrogens is 152 g/mol. The van der Waals surface area contributed by atoms with E-state index in [-0.39, 0.29) is 11.8 Å². The molecule has 3 heteroatoms. The molecule has 0 saturated carbocycles. The second-order valence-electron chi connectivity index (χ2n) is 3.00. The van der Waals surface area contributed by atoms with Crippen LogP contribution in [0.1, 0.15) is 18.5 Å². The highest BCUT2D eigenvalue weighted by molar-refractivity contribution is 5.29. The summed E-state index contributed by atoms with van der Waals surface area (Å²) in [6.07, 6.45) is 4.31. The van der Waals surface area contributed by atoms with E-state index in [1.807, 2.05) is 25.9 Å². The fourth-order valence-electron chi connectivity index (χ4n) is 0.927. The Hall–Kier alpha value is -1.09. The molecule has 1 aromatic rings. The Bertz CT molecular complexity index is 260. The normalized spacial score (nSPS) is 13.3. The van der Waals surface area contributed by atoms with Crippen LogP contribution in [0.2, 0.25) is 0 Å². The fourth-order valence-corrected chi connectivity index (χ4v) is 0.927. The second-order valence-corrected chi connectivity index (χ2v) is 3.00. The molecule has 65 valence electrons. The number of aromatic hydroxyl groups is 1. The third kappa shape index (κ3) is 1.74. The lowest BCUT2D eigenvalue weighted by Crippen LogP contribution is -2.17. The molecule has 3 nitrogen and oxygen atoms in total. The van der Waals surface area contributed by atoms with Crippen molar-refractivity contribution in [3.8, 4) is 5.75 Å². The molecule has 1 atom stereocenters. The van der Waals surface area contributed by atoms with Crippen LogP contribution in [0, 0.1) is 6.20 Å². The van der Waals surface area contributed by atoms with Crippen molar-refractivity contribution in [1.29, 1.82) is 0 Å². The van der Waals surface area contributed by atoms with Gasteiger partial charge in [0.1, 0.15) is 5.75 Å². The van der Waals surface area contributed by atoms with Gasteiger partial charge in [-0.3, -0.25) is 4.98 Å². The summed E-state index contributed by atoms with van der Waals surface area (Å²) in [6.45, 7) is 1.99. The summed E-state index contributed by atoms with van der Waals surface area (Å²) >= 11 is 0. The zero-order valence-corrected chi connectivity index (χ0v) is 7.57. The number of aromatic nitrogens is 1. The minimum Gasteiger partial charge on any atom is -0.507 e. The van der Waals surface area contributed by atoms with Gasteiger partial charge >= 0.3 is 0 Å². The molecule has 1 N–H and O–H groups in total. The Balaban J connectivity index is 2.94. The number of rotatable bonds is 2. The third-order valence-corrected chi connectivity index (χ3v) is 1.96. The Labute approximate surface area is 72.7 Å². The van der Waals surface area contributed by atoms with Crippen LogP contribution < -0.4 is 0 Å². The minimum atomic E-state index is 0.138. The van der Waals surface area contributed by atoms with Crippen LogP contribution in [0.4, 0.5) is 0 Å². The molecule has 0 fully saturated rings. The van der Waals surface area contributed by atoms with Crippen molar-refractivity contribution in [1.82, 2.24) is 9.88 Å². The Morgan fingerprint density at radius 1 is 1.58 bits per heavy atom. The monoisotopic (exact) mass is 165 g/mol. The predicted molar refractivity (Wildman–Crippen MR) is 46.8 cm³/mol. The first-order valence-electron chi connectivity index (χ1n) is 3.85. The molecule has 1 aromatic heterocycles. The van der Waals surface area contributed by atoms with Gasteiger partial charge in [0, 0.05) is 17.8 Å². The molecule has 0 aromatic carbocycles. The number of pyridine rings is 1. The standard InChI is InChI=1S/C9H13N2O/c1-7(11(2)3)8-6-10-5-4-9(8)12/h4-5,7H,1-3H3,(H,10,12). The zero-order chi connectivity index (χ0) is 9.14. The van der Waals surface area contributed by atoms with E-state index in [4.69, 9.17) is 0 Å². The first kappa shape index (κ1) is 9.00. The summed E-state index contributed by atoms with van der Waals surface area (Å²) < 4.78 is 0. The summed E-state index contributed by atoms with van der Waals surface area (Å²) in [5.41, 5.74) is 0.738. The smallest absolute Gasteiger partial charge is 0.124 e. The molecule has 1 unspecified atom stereocenters. The largest absolute Gasteiger partial charge is 0.507 e. The highest BCUT2D eigenvalue weighted by atomic mass is 16.3. The second kappa shape index (κ2) is 3.54. The van der Waals surface area contributed by atoms with E-state index in [1.54, 1.807) is 6.07 Å². The molecule has 1 rings (SSSR count). The highest BCUT2D eigenvalue weighted by Gasteiger charge is 2.11. The minimum absolute atomic E-state index is 0.138. The molecule has 0 spiro atoms. The maximum Gasteiger partial charge on any atom is 0.124 e. The van der Waals surface area contributed by atoms with Crippen molar-refractivity contribution in [3.05, 3.63) is 24.0 Å². The molecule has 0 aliphatic carbocycles. The number of nitrogens with zero attached hydrogens (tertiary/aromatic N) is 2. The van der Waals surface area contributed by atoms with Crippen LogP contribution in [-0.4, -0.2) is 29.1 Å². The van der Waals surface area contributed by atoms with Gasteiger partial charge in [-0.05, 0) is 27.1 Å². The lowest BCUT2D eigenvalue weighted by molar-refractivity contribution is 0.310. The topological polar surface area (TPSA) is 36.4 Å². The van der Waals surface area contributed by atoms with E-state index in [1.165, 1.54) is 6.20 Å². The molecular formula is C9H13N2O. The van der Waals surface area contributed by atoms with Crippen molar-refractivity contribution in [2.45, 2.75) is 13.0 Å². The summed E-state index contributed by atoms with van der Waals surface area (Å²) in [5.74, 6) is 0.256. The third-order valence-electron chi connectivity index (χ3n) is 1.96. The van der Waals surface area contributed by atoms with Crippen LogP contribution >= 0.6 is 0 Å². The van der Waals surface area contributed by atoms with E-state index in [9.17, 15) is 5.11 Å². The molecule has 0 bridgehead atoms. The first-order chi connectivity index (χ1) is 5.63. The van der Waals surface area contributed by atoms with Crippen molar-refractivity contribution < 1.29 is 5.11 Å². The average molecular weight is 165 g/mol. The fraction of sp³-hybridized carbons (Fsp3) is 0.444. The van der Waals surface area contributed by atoms with Crippen LogP contribution in [0.5, 0.6) is 5.75 Å². The lowest BCUT2D eigenvalue weighted by atomic mass is 10.1. The number of hydrogen-bond donors (Lipinski definition) is 1. The van der Waals surface area contributed by atoms with Gasteiger partial charge in [0.25, 0.3) is 0 Å². The van der Waals surface area contributed by atoms with Gasteiger partial charge in [-0.25, -0.2) is 0 Å². The van der Waals surface area contributed by atoms with Gasteiger partial charge in [0.05, 0.1) is 6.20 Å². The van der Waals surface area contributed by atoms with Gasteiger partial charge in [0.15, 0.2) is 0 Å². The van der Waals surface area contributed by atoms with Crippen LogP contribution in [-0.2, 0) is 0 Å². The van der Waals surface area contributed by atoms with Crippen molar-refractivity contribution in [2.75, 3.05) is 14.1 Å². The highest BCUT2D eigenvalue weighted by Crippen LogP contribution is 2.24. The molecule has 0 saturated heterocycles. The molecule has 0 aliphatic heterocycles. The molecule has 1 radical (unpaired) electrons. The van der Waals surface area contributed by atoms with E-state index in [0.29, 0.717) is 0 Å². The van der Waals surface area contributed by atoms with Gasteiger partial charge < -0.3 is 10.0 Å². The Morgan fingerprint density at radius 3 is 2.75 bits per heavy atom. The van der Waals surface area contributed by atoms with Gasteiger partial charge in [0.2, 0.25) is 0 Å². The summed E-state index contributed by atoms with van der Waals surface area (Å²) in [6, 6.07) is 1.71. The van der Waals surface area contributed by atoms with E-state index in [2.05, 4.69) is 11.2 Å². The van der Waals surface area contributed by atoms with Gasteiger partial charge in [-0.15, -0.1) is 0 Å². The predicted octanol–water partition coefficient (Wildman–Crippen LogP) is 1.21. The van der Waals surface area contributed by atoms with Gasteiger partial charge in [-0.1, -0.05) is 0 Å². The molecule has 0 amide bonds. The first-order valence-corrected chi connectivity index (χ1v) is 3.85. The van der Waals surface area contributed by atoms with Crippen molar-refractivity contribution in [2.24, 2.45) is 0 Å². The zero-order valence-electron chi connectivity index (χ0n) is 7.57. The maximum atomic E-state index is 9.43. The Morgan fingerprint density at radius 2 is 2.25 bits per heavy atom. The Kier molecular flexibility index (Phi) is 2.65. The molecule has 1 heterocycles. The maximum absolute atomic E-state index is 9.43. The summed E-state index contributed by atoms with van der Waals surface area (Å²) in [7, 11) is 3.90. The van der Waals surface area contributed by atoms with Gasteiger partial charge in [-0.2, -0.15) is 0 Å². The quantitative estimate of drug-likeness (QED) is 0.715. The van der Waals surface area contributed by atoms with E-state index < -0.39 is 0 Å². The summed E-state index contributed by atoms with van der Waals surface area (Å²) in [5, 5.41) is 9.43. The van der Waals surface area contributed by atoms with E-state index in [0.717, 1.165) is 5.56 Å². The molecule has 12 heavy (non-hydrogen) atoms. The average Bonchev–Trinajstić information content (AvgIpc) is 2.04. The van der Waals surface area contributed by atoms with Crippen molar-refractivity contribution >= 4 is 0 Å². The SMILES string of the molecule is CC(c1[c]nccc1O)N(C)C. The van der Waals surface area contributed by atoms with Crippen LogP contribution in [0.3, 0.4) is 0 Å². The van der Waals surface area contributed by atoms with Crippen molar-refractivity contribution in [3.63, 3.8) is 0 Å². The van der Waals surface area contributed by atoms with E-state index >= 15 is 0 Å². The summed E-state index contributed by atoms with van der Waals surface area (Å²) in [4.78, 5) is 5.83. The number of hydrogen-bond acceptors (Lipinski definition) is 3.